The van der Waals surface area contributed by atoms with E-state index < -0.39 is 0 Å². The number of amides is 1. The van der Waals surface area contributed by atoms with Crippen molar-refractivity contribution >= 4 is 28.8 Å². The maximum atomic E-state index is 11.3. The molecule has 2 aliphatic heterocycles. The van der Waals surface area contributed by atoms with Crippen molar-refractivity contribution in [1.29, 1.82) is 0 Å². The third kappa shape index (κ3) is 3.89. The lowest BCUT2D eigenvalue weighted by Crippen LogP contribution is -2.37. The number of nitrogens with zero attached hydrogens (tertiary/aromatic N) is 3. The molecule has 32 heavy (non-hydrogen) atoms. The SMILES string of the molecule is Cc1cccc(C2CN(C=O)CCO2)c1-c1ccc2nc(N)c(N3CCOCC3)cc2c1. The molecule has 1 aromatic heterocycles. The summed E-state index contributed by atoms with van der Waals surface area (Å²) in [5, 5.41) is 1.05. The van der Waals surface area contributed by atoms with Crippen LogP contribution in [0.2, 0.25) is 0 Å². The molecule has 2 N–H and O–H groups in total. The molecule has 0 aliphatic carbocycles. The first kappa shape index (κ1) is 20.7. The third-order valence-corrected chi connectivity index (χ3v) is 6.36. The maximum absolute atomic E-state index is 11.3. The van der Waals surface area contributed by atoms with Gasteiger partial charge in [-0.3, -0.25) is 4.79 Å². The summed E-state index contributed by atoms with van der Waals surface area (Å²) in [6.45, 7) is 6.87. The average molecular weight is 433 g/mol. The van der Waals surface area contributed by atoms with Crippen molar-refractivity contribution in [1.82, 2.24) is 9.88 Å². The fourth-order valence-corrected chi connectivity index (χ4v) is 4.70. The number of ether oxygens (including phenoxy) is 2. The second-order valence-electron chi connectivity index (χ2n) is 8.40. The minimum absolute atomic E-state index is 0.145. The van der Waals surface area contributed by atoms with Crippen LogP contribution >= 0.6 is 0 Å². The molecule has 3 heterocycles. The molecule has 0 bridgehead atoms. The summed E-state index contributed by atoms with van der Waals surface area (Å²) in [7, 11) is 0. The Bertz CT molecular complexity index is 1140. The highest BCUT2D eigenvalue weighted by Gasteiger charge is 2.24. The Morgan fingerprint density at radius 3 is 2.75 bits per heavy atom. The van der Waals surface area contributed by atoms with Crippen molar-refractivity contribution < 1.29 is 14.3 Å². The van der Waals surface area contributed by atoms with Crippen molar-refractivity contribution in [3.05, 3.63) is 53.6 Å². The van der Waals surface area contributed by atoms with Gasteiger partial charge < -0.3 is 25.0 Å². The number of carbonyl (C=O) groups is 1. The van der Waals surface area contributed by atoms with Crippen LogP contribution in [-0.4, -0.2) is 62.3 Å². The van der Waals surface area contributed by atoms with Crippen LogP contribution in [-0.2, 0) is 14.3 Å². The zero-order valence-corrected chi connectivity index (χ0v) is 18.3. The Kier molecular flexibility index (Phi) is 5.68. The number of anilines is 2. The molecule has 5 rings (SSSR count). The normalized spacial score (nSPS) is 19.3. The van der Waals surface area contributed by atoms with Crippen molar-refractivity contribution in [3.63, 3.8) is 0 Å². The molecule has 1 atom stereocenters. The number of hydrogen-bond acceptors (Lipinski definition) is 6. The van der Waals surface area contributed by atoms with Gasteiger partial charge in [-0.15, -0.1) is 0 Å². The second kappa shape index (κ2) is 8.76. The van der Waals surface area contributed by atoms with E-state index in [2.05, 4.69) is 53.2 Å². The minimum Gasteiger partial charge on any atom is -0.382 e. The largest absolute Gasteiger partial charge is 0.382 e. The van der Waals surface area contributed by atoms with Crippen molar-refractivity contribution in [2.45, 2.75) is 13.0 Å². The number of hydrogen-bond donors (Lipinski definition) is 1. The van der Waals surface area contributed by atoms with Crippen molar-refractivity contribution in [2.24, 2.45) is 0 Å². The molecule has 2 aromatic carbocycles. The van der Waals surface area contributed by atoms with Crippen LogP contribution in [0.4, 0.5) is 11.5 Å². The van der Waals surface area contributed by atoms with Crippen LogP contribution in [0.25, 0.3) is 22.0 Å². The van der Waals surface area contributed by atoms with Gasteiger partial charge in [0.05, 0.1) is 37.6 Å². The molecule has 7 heteroatoms. The van der Waals surface area contributed by atoms with Gasteiger partial charge in [0.2, 0.25) is 6.41 Å². The molecule has 7 nitrogen and oxygen atoms in total. The quantitative estimate of drug-likeness (QED) is 0.638. The summed E-state index contributed by atoms with van der Waals surface area (Å²) in [5.74, 6) is 0.549. The lowest BCUT2D eigenvalue weighted by molar-refractivity contribution is -0.125. The minimum atomic E-state index is -0.145. The molecule has 0 saturated carbocycles. The van der Waals surface area contributed by atoms with Crippen LogP contribution in [0.5, 0.6) is 0 Å². The summed E-state index contributed by atoms with van der Waals surface area (Å²) in [4.78, 5) is 20.0. The summed E-state index contributed by atoms with van der Waals surface area (Å²) in [5.41, 5.74) is 12.7. The standard InChI is InChI=1S/C25H28N4O3/c1-17-3-2-4-20(23-15-28(16-30)7-12-32-23)24(17)18-5-6-21-19(13-18)14-22(25(26)27-21)29-8-10-31-11-9-29/h2-6,13-14,16,23H,7-12,15H2,1H3,(H2,26,27). The van der Waals surface area contributed by atoms with Gasteiger partial charge in [0, 0.05) is 25.0 Å². The zero-order chi connectivity index (χ0) is 22.1. The number of morpholine rings is 2. The number of carbonyl (C=O) groups excluding carboxylic acids is 1. The number of fused-ring (bicyclic) bond motifs is 1. The molecule has 2 saturated heterocycles. The number of pyridine rings is 1. The number of rotatable bonds is 4. The van der Waals surface area contributed by atoms with Gasteiger partial charge >= 0.3 is 0 Å². The van der Waals surface area contributed by atoms with Gasteiger partial charge in [0.1, 0.15) is 11.9 Å². The van der Waals surface area contributed by atoms with Crippen LogP contribution in [0.1, 0.15) is 17.2 Å². The van der Waals surface area contributed by atoms with Gasteiger partial charge in [-0.05, 0) is 47.4 Å². The number of nitrogen functional groups attached to an aromatic ring is 1. The van der Waals surface area contributed by atoms with Gasteiger partial charge in [0.15, 0.2) is 0 Å². The van der Waals surface area contributed by atoms with Crippen molar-refractivity contribution in [3.8, 4) is 11.1 Å². The average Bonchev–Trinajstić information content (AvgIpc) is 2.84. The Hall–Kier alpha value is -3.16. The van der Waals surface area contributed by atoms with E-state index >= 15 is 0 Å². The number of aryl methyl sites for hydroxylation is 1. The van der Waals surface area contributed by atoms with E-state index in [4.69, 9.17) is 15.2 Å². The molecule has 0 radical (unpaired) electrons. The molecule has 2 aliphatic rings. The Morgan fingerprint density at radius 2 is 1.94 bits per heavy atom. The Morgan fingerprint density at radius 1 is 1.09 bits per heavy atom. The highest BCUT2D eigenvalue weighted by atomic mass is 16.5. The predicted octanol–water partition coefficient (Wildman–Crippen LogP) is 3.16. The maximum Gasteiger partial charge on any atom is 0.209 e. The molecule has 3 aromatic rings. The third-order valence-electron chi connectivity index (χ3n) is 6.36. The fraction of sp³-hybridized carbons (Fsp3) is 0.360. The molecule has 2 fully saturated rings. The van der Waals surface area contributed by atoms with Gasteiger partial charge in [-0.25, -0.2) is 4.98 Å². The number of aromatic nitrogens is 1. The molecule has 0 spiro atoms. The number of benzene rings is 2. The van der Waals surface area contributed by atoms with E-state index in [1.54, 1.807) is 4.90 Å². The van der Waals surface area contributed by atoms with Crippen LogP contribution in [0.3, 0.4) is 0 Å². The zero-order valence-electron chi connectivity index (χ0n) is 18.3. The molecule has 166 valence electrons. The lowest BCUT2D eigenvalue weighted by atomic mass is 9.91. The van der Waals surface area contributed by atoms with E-state index in [1.165, 1.54) is 5.56 Å². The van der Waals surface area contributed by atoms with Gasteiger partial charge in [-0.2, -0.15) is 0 Å². The number of nitrogens with two attached hydrogens (primary N) is 1. The Labute approximate surface area is 187 Å². The highest BCUT2D eigenvalue weighted by molar-refractivity contribution is 5.90. The molecular formula is C25H28N4O3. The van der Waals surface area contributed by atoms with Crippen LogP contribution in [0.15, 0.2) is 42.5 Å². The molecule has 1 amide bonds. The smallest absolute Gasteiger partial charge is 0.209 e. The summed E-state index contributed by atoms with van der Waals surface area (Å²) >= 11 is 0. The van der Waals surface area contributed by atoms with E-state index in [-0.39, 0.29) is 6.10 Å². The first-order valence-corrected chi connectivity index (χ1v) is 11.1. The first-order valence-electron chi connectivity index (χ1n) is 11.1. The van der Waals surface area contributed by atoms with E-state index in [0.29, 0.717) is 38.7 Å². The highest BCUT2D eigenvalue weighted by Crippen LogP contribution is 2.36. The summed E-state index contributed by atoms with van der Waals surface area (Å²) in [6, 6.07) is 14.7. The first-order chi connectivity index (χ1) is 15.6. The van der Waals surface area contributed by atoms with E-state index in [0.717, 1.165) is 52.8 Å². The monoisotopic (exact) mass is 432 g/mol. The van der Waals surface area contributed by atoms with E-state index in [1.807, 2.05) is 6.07 Å². The fourth-order valence-electron chi connectivity index (χ4n) is 4.70. The topological polar surface area (TPSA) is 80.9 Å². The summed E-state index contributed by atoms with van der Waals surface area (Å²) in [6.07, 6.45) is 0.762. The molecule has 1 unspecified atom stereocenters. The van der Waals surface area contributed by atoms with Crippen LogP contribution < -0.4 is 10.6 Å². The van der Waals surface area contributed by atoms with Gasteiger partial charge in [-0.1, -0.05) is 24.3 Å². The lowest BCUT2D eigenvalue weighted by Gasteiger charge is -2.32. The molecular weight excluding hydrogens is 404 g/mol. The van der Waals surface area contributed by atoms with E-state index in [9.17, 15) is 4.79 Å². The predicted molar refractivity (Wildman–Crippen MR) is 126 cm³/mol. The van der Waals surface area contributed by atoms with Crippen LogP contribution in [0, 0.1) is 6.92 Å². The van der Waals surface area contributed by atoms with Gasteiger partial charge in [0.25, 0.3) is 0 Å². The second-order valence-corrected chi connectivity index (χ2v) is 8.40. The van der Waals surface area contributed by atoms with Crippen molar-refractivity contribution in [2.75, 3.05) is 56.6 Å². The summed E-state index contributed by atoms with van der Waals surface area (Å²) < 4.78 is 11.6. The Balaban J connectivity index is 1.57.